The van der Waals surface area contributed by atoms with Crippen LogP contribution >= 0.6 is 11.8 Å². The van der Waals surface area contributed by atoms with Gasteiger partial charge in [-0.05, 0) is 31.5 Å². The lowest BCUT2D eigenvalue weighted by Gasteiger charge is -2.31. The Morgan fingerprint density at radius 2 is 2.22 bits per heavy atom. The zero-order valence-electron chi connectivity index (χ0n) is 12.8. The van der Waals surface area contributed by atoms with E-state index in [0.29, 0.717) is 6.54 Å². The van der Waals surface area contributed by atoms with E-state index in [1.54, 1.807) is 13.1 Å². The first kappa shape index (κ1) is 15.6. The van der Waals surface area contributed by atoms with Crippen LogP contribution in [0, 0.1) is 0 Å². The summed E-state index contributed by atoms with van der Waals surface area (Å²) in [5, 5.41) is 9.77. The molecule has 6 nitrogen and oxygen atoms in total. The first-order valence-electron chi connectivity index (χ1n) is 7.45. The smallest absolute Gasteiger partial charge is 0.250 e. The van der Waals surface area contributed by atoms with Gasteiger partial charge < -0.3 is 10.6 Å². The van der Waals surface area contributed by atoms with E-state index in [-0.39, 0.29) is 11.8 Å². The van der Waals surface area contributed by atoms with Crippen molar-refractivity contribution in [2.45, 2.75) is 29.5 Å². The fourth-order valence-electron chi connectivity index (χ4n) is 2.36. The molecule has 0 bridgehead atoms. The van der Waals surface area contributed by atoms with Crippen LogP contribution in [0.3, 0.4) is 0 Å². The molecule has 1 aliphatic heterocycles. The van der Waals surface area contributed by atoms with Gasteiger partial charge in [0.05, 0.1) is 5.69 Å². The Morgan fingerprint density at radius 1 is 1.39 bits per heavy atom. The van der Waals surface area contributed by atoms with E-state index in [1.807, 2.05) is 41.2 Å². The second-order valence-electron chi connectivity index (χ2n) is 5.46. The van der Waals surface area contributed by atoms with Crippen LogP contribution in [0.15, 0.2) is 47.6 Å². The molecule has 1 aromatic carbocycles. The number of amides is 2. The van der Waals surface area contributed by atoms with Crippen molar-refractivity contribution in [3.05, 3.63) is 42.7 Å². The number of carbonyl (C=O) groups excluding carboxylic acids is 2. The number of anilines is 1. The van der Waals surface area contributed by atoms with Crippen LogP contribution in [0.25, 0.3) is 0 Å². The lowest BCUT2D eigenvalue weighted by Crippen LogP contribution is -2.52. The first-order chi connectivity index (χ1) is 11.1. The third kappa shape index (κ3) is 3.24. The second-order valence-corrected chi connectivity index (χ2v) is 6.92. The van der Waals surface area contributed by atoms with Crippen molar-refractivity contribution in [2.75, 3.05) is 11.9 Å². The maximum absolute atomic E-state index is 12.5. The molecule has 120 valence electrons. The summed E-state index contributed by atoms with van der Waals surface area (Å²) in [6, 6.07) is 9.36. The zero-order chi connectivity index (χ0) is 16.3. The summed E-state index contributed by atoms with van der Waals surface area (Å²) < 4.78 is 0.659. The van der Waals surface area contributed by atoms with Crippen molar-refractivity contribution in [2.24, 2.45) is 0 Å². The Hall–Kier alpha value is -2.28. The molecule has 1 atom stereocenters. The number of hydrogen-bond donors (Lipinski definition) is 2. The molecule has 2 N–H and O–H groups in total. The molecule has 1 aromatic heterocycles. The predicted octanol–water partition coefficient (Wildman–Crippen LogP) is 1.89. The number of rotatable bonds is 5. The van der Waals surface area contributed by atoms with Crippen LogP contribution in [-0.2, 0) is 16.1 Å². The molecule has 0 spiro atoms. The Morgan fingerprint density at radius 3 is 3.00 bits per heavy atom. The van der Waals surface area contributed by atoms with Gasteiger partial charge in [-0.3, -0.25) is 14.3 Å². The maximum Gasteiger partial charge on any atom is 0.250 e. The van der Waals surface area contributed by atoms with Crippen molar-refractivity contribution in [1.29, 1.82) is 0 Å². The van der Waals surface area contributed by atoms with Crippen LogP contribution in [0.1, 0.15) is 13.3 Å². The molecule has 2 amide bonds. The van der Waals surface area contributed by atoms with Gasteiger partial charge in [0.15, 0.2) is 4.75 Å². The molecule has 0 unspecified atom stereocenters. The molecule has 1 aliphatic rings. The van der Waals surface area contributed by atoms with E-state index in [9.17, 15) is 9.59 Å². The molecule has 0 radical (unpaired) electrons. The summed E-state index contributed by atoms with van der Waals surface area (Å²) in [6.07, 6.45) is 4.36. The minimum atomic E-state index is -1.15. The number of benzene rings is 1. The largest absolute Gasteiger partial charge is 0.354 e. The van der Waals surface area contributed by atoms with Gasteiger partial charge in [0.25, 0.3) is 0 Å². The highest BCUT2D eigenvalue weighted by molar-refractivity contribution is 8.02. The number of aryl methyl sites for hydroxylation is 1. The SMILES string of the molecule is C[C@@]1(C(=O)NCCCn2cccn2)Sc2ccccc2NC1=O. The van der Waals surface area contributed by atoms with Crippen molar-refractivity contribution in [3.63, 3.8) is 0 Å². The van der Waals surface area contributed by atoms with Crippen molar-refractivity contribution in [3.8, 4) is 0 Å². The van der Waals surface area contributed by atoms with Gasteiger partial charge in [-0.2, -0.15) is 5.10 Å². The highest BCUT2D eigenvalue weighted by Crippen LogP contribution is 2.42. The number of nitrogens with zero attached hydrogens (tertiary/aromatic N) is 2. The van der Waals surface area contributed by atoms with Crippen molar-refractivity contribution < 1.29 is 9.59 Å². The lowest BCUT2D eigenvalue weighted by molar-refractivity contribution is -0.129. The average Bonchev–Trinajstić information content (AvgIpc) is 3.06. The number of carbonyl (C=O) groups is 2. The van der Waals surface area contributed by atoms with E-state index < -0.39 is 4.75 Å². The monoisotopic (exact) mass is 330 g/mol. The van der Waals surface area contributed by atoms with Crippen LogP contribution in [0.4, 0.5) is 5.69 Å². The van der Waals surface area contributed by atoms with Gasteiger partial charge in [0, 0.05) is 30.4 Å². The minimum absolute atomic E-state index is 0.269. The molecule has 3 rings (SSSR count). The number of aromatic nitrogens is 2. The minimum Gasteiger partial charge on any atom is -0.354 e. The van der Waals surface area contributed by atoms with Gasteiger partial charge in [0.2, 0.25) is 11.8 Å². The maximum atomic E-state index is 12.5. The van der Waals surface area contributed by atoms with E-state index in [4.69, 9.17) is 0 Å². The van der Waals surface area contributed by atoms with E-state index in [1.165, 1.54) is 11.8 Å². The summed E-state index contributed by atoms with van der Waals surface area (Å²) >= 11 is 1.29. The molecule has 0 aliphatic carbocycles. The molecule has 2 heterocycles. The third-order valence-corrected chi connectivity index (χ3v) is 5.08. The Bertz CT molecular complexity index is 717. The number of nitrogens with one attached hydrogen (secondary N) is 2. The number of hydrogen-bond acceptors (Lipinski definition) is 4. The van der Waals surface area contributed by atoms with Crippen LogP contribution < -0.4 is 10.6 Å². The zero-order valence-corrected chi connectivity index (χ0v) is 13.6. The summed E-state index contributed by atoms with van der Waals surface area (Å²) in [6.45, 7) is 2.89. The van der Waals surface area contributed by atoms with Gasteiger partial charge >= 0.3 is 0 Å². The summed E-state index contributed by atoms with van der Waals surface area (Å²) in [4.78, 5) is 25.7. The number of thioether (sulfide) groups is 1. The normalized spacial score (nSPS) is 19.8. The topological polar surface area (TPSA) is 76.0 Å². The quantitative estimate of drug-likeness (QED) is 0.648. The van der Waals surface area contributed by atoms with Gasteiger partial charge in [0.1, 0.15) is 0 Å². The Balaban J connectivity index is 1.59. The van der Waals surface area contributed by atoms with Crippen LogP contribution in [0.5, 0.6) is 0 Å². The molecular weight excluding hydrogens is 312 g/mol. The standard InChI is InChI=1S/C16H18N4O2S/c1-16(14(21)17-8-4-10-20-11-5-9-18-20)15(22)19-12-6-2-3-7-13(12)23-16/h2-3,5-7,9,11H,4,8,10H2,1H3,(H,17,21)(H,19,22)/t16-/m0/s1. The Kier molecular flexibility index (Phi) is 4.38. The fraction of sp³-hybridized carbons (Fsp3) is 0.312. The second kappa shape index (κ2) is 6.45. The fourth-order valence-corrected chi connectivity index (χ4v) is 3.48. The third-order valence-electron chi connectivity index (χ3n) is 3.72. The molecule has 2 aromatic rings. The number of para-hydroxylation sites is 1. The number of fused-ring (bicyclic) bond motifs is 1. The predicted molar refractivity (Wildman–Crippen MR) is 89.2 cm³/mol. The molecule has 0 saturated carbocycles. The van der Waals surface area contributed by atoms with Gasteiger partial charge in [-0.15, -0.1) is 0 Å². The summed E-state index contributed by atoms with van der Waals surface area (Å²) in [5.74, 6) is -0.555. The van der Waals surface area contributed by atoms with Crippen molar-refractivity contribution >= 4 is 29.3 Å². The average molecular weight is 330 g/mol. The Labute approximate surface area is 138 Å². The van der Waals surface area contributed by atoms with Gasteiger partial charge in [-0.25, -0.2) is 0 Å². The van der Waals surface area contributed by atoms with E-state index in [2.05, 4.69) is 15.7 Å². The molecule has 7 heteroatoms. The van der Waals surface area contributed by atoms with E-state index in [0.717, 1.165) is 23.5 Å². The summed E-state index contributed by atoms with van der Waals surface area (Å²) in [5.41, 5.74) is 0.756. The highest BCUT2D eigenvalue weighted by atomic mass is 32.2. The molecular formula is C16H18N4O2S. The molecule has 0 saturated heterocycles. The first-order valence-corrected chi connectivity index (χ1v) is 8.26. The highest BCUT2D eigenvalue weighted by Gasteiger charge is 2.45. The van der Waals surface area contributed by atoms with Gasteiger partial charge in [-0.1, -0.05) is 23.9 Å². The van der Waals surface area contributed by atoms with Crippen LogP contribution in [0.2, 0.25) is 0 Å². The molecule has 0 fully saturated rings. The van der Waals surface area contributed by atoms with Crippen molar-refractivity contribution in [1.82, 2.24) is 15.1 Å². The summed E-state index contributed by atoms with van der Waals surface area (Å²) in [7, 11) is 0. The lowest BCUT2D eigenvalue weighted by atomic mass is 10.1. The van der Waals surface area contributed by atoms with E-state index >= 15 is 0 Å². The molecule has 23 heavy (non-hydrogen) atoms. The van der Waals surface area contributed by atoms with Crippen LogP contribution in [-0.4, -0.2) is 32.9 Å².